The van der Waals surface area contributed by atoms with Gasteiger partial charge in [0, 0.05) is 6.42 Å². The first-order valence-electron chi connectivity index (χ1n) is 13.5. The van der Waals surface area contributed by atoms with Crippen LogP contribution in [0.5, 0.6) is 0 Å². The molecule has 0 aliphatic heterocycles. The van der Waals surface area contributed by atoms with E-state index < -0.39 is 12.1 Å². The van der Waals surface area contributed by atoms with E-state index in [9.17, 15) is 9.59 Å². The SMILES string of the molecule is CCCCCCCCCCCCCC(=O)OC(CCCCCCCCCC)CC(=O)O. The molecule has 0 radical (unpaired) electrons. The normalized spacial score (nSPS) is 12.1. The number of aliphatic carboxylic acids is 1. The minimum absolute atomic E-state index is 0.0690. The summed E-state index contributed by atoms with van der Waals surface area (Å²) in [6.45, 7) is 4.47. The van der Waals surface area contributed by atoms with Crippen LogP contribution < -0.4 is 0 Å². The smallest absolute Gasteiger partial charge is 0.307 e. The van der Waals surface area contributed by atoms with Gasteiger partial charge in [0.1, 0.15) is 6.10 Å². The van der Waals surface area contributed by atoms with E-state index in [2.05, 4.69) is 13.8 Å². The van der Waals surface area contributed by atoms with Gasteiger partial charge in [-0.1, -0.05) is 123 Å². The third-order valence-corrected chi connectivity index (χ3v) is 6.06. The Morgan fingerprint density at radius 2 is 1.00 bits per heavy atom. The van der Waals surface area contributed by atoms with Crippen molar-refractivity contribution < 1.29 is 19.4 Å². The quantitative estimate of drug-likeness (QED) is 0.120. The summed E-state index contributed by atoms with van der Waals surface area (Å²) < 4.78 is 5.49. The fourth-order valence-electron chi connectivity index (χ4n) is 4.08. The van der Waals surface area contributed by atoms with Crippen molar-refractivity contribution in [1.82, 2.24) is 0 Å². The van der Waals surface area contributed by atoms with Crippen molar-refractivity contribution in [2.24, 2.45) is 0 Å². The Morgan fingerprint density at radius 1 is 0.613 bits per heavy atom. The fourth-order valence-corrected chi connectivity index (χ4v) is 4.08. The lowest BCUT2D eigenvalue weighted by molar-refractivity contribution is -0.153. The molecule has 1 atom stereocenters. The predicted octanol–water partition coefficient (Wildman–Crippen LogP) is 8.60. The van der Waals surface area contributed by atoms with E-state index in [4.69, 9.17) is 9.84 Å². The second-order valence-electron chi connectivity index (χ2n) is 9.26. The van der Waals surface area contributed by atoms with Gasteiger partial charge in [0.25, 0.3) is 0 Å². The molecule has 0 amide bonds. The Kier molecular flexibility index (Phi) is 22.8. The molecule has 0 aliphatic carbocycles. The van der Waals surface area contributed by atoms with Crippen molar-refractivity contribution in [2.75, 3.05) is 0 Å². The molecule has 0 aliphatic rings. The predicted molar refractivity (Wildman–Crippen MR) is 130 cm³/mol. The summed E-state index contributed by atoms with van der Waals surface area (Å²) in [6, 6.07) is 0. The van der Waals surface area contributed by atoms with Gasteiger partial charge in [0.15, 0.2) is 0 Å². The van der Waals surface area contributed by atoms with Gasteiger partial charge in [0.05, 0.1) is 6.42 Å². The van der Waals surface area contributed by atoms with Crippen molar-refractivity contribution in [3.8, 4) is 0 Å². The van der Waals surface area contributed by atoms with Crippen LogP contribution in [-0.4, -0.2) is 23.1 Å². The van der Waals surface area contributed by atoms with Crippen LogP contribution in [0, 0.1) is 0 Å². The van der Waals surface area contributed by atoms with Crippen molar-refractivity contribution in [3.05, 3.63) is 0 Å². The topological polar surface area (TPSA) is 63.6 Å². The lowest BCUT2D eigenvalue weighted by Crippen LogP contribution is -2.21. The first kappa shape index (κ1) is 29.9. The van der Waals surface area contributed by atoms with Crippen molar-refractivity contribution in [1.29, 1.82) is 0 Å². The number of rotatable bonds is 24. The zero-order chi connectivity index (χ0) is 23.0. The summed E-state index contributed by atoms with van der Waals surface area (Å²) in [6.07, 6.45) is 24.0. The van der Waals surface area contributed by atoms with Crippen LogP contribution in [0.2, 0.25) is 0 Å². The van der Waals surface area contributed by atoms with Gasteiger partial charge in [-0.3, -0.25) is 9.59 Å². The molecular formula is C27H52O4. The Morgan fingerprint density at radius 3 is 1.42 bits per heavy atom. The van der Waals surface area contributed by atoms with E-state index in [0.717, 1.165) is 25.7 Å². The lowest BCUT2D eigenvalue weighted by Gasteiger charge is -2.16. The van der Waals surface area contributed by atoms with Gasteiger partial charge >= 0.3 is 11.9 Å². The van der Waals surface area contributed by atoms with Gasteiger partial charge in [-0.15, -0.1) is 0 Å². The summed E-state index contributed by atoms with van der Waals surface area (Å²) in [7, 11) is 0. The summed E-state index contributed by atoms with van der Waals surface area (Å²) in [5, 5.41) is 9.11. The maximum atomic E-state index is 12.1. The van der Waals surface area contributed by atoms with Crippen molar-refractivity contribution in [3.63, 3.8) is 0 Å². The molecule has 0 fully saturated rings. The Hall–Kier alpha value is -1.06. The molecule has 0 aromatic rings. The van der Waals surface area contributed by atoms with Gasteiger partial charge in [-0.05, 0) is 19.3 Å². The van der Waals surface area contributed by atoms with E-state index >= 15 is 0 Å². The molecule has 0 heterocycles. The number of carboxylic acids is 1. The van der Waals surface area contributed by atoms with Gasteiger partial charge < -0.3 is 9.84 Å². The molecule has 1 N–H and O–H groups in total. The number of ether oxygens (including phenoxy) is 1. The van der Waals surface area contributed by atoms with Crippen LogP contribution in [0.25, 0.3) is 0 Å². The number of hydrogen-bond donors (Lipinski definition) is 1. The molecule has 4 heteroatoms. The summed E-state index contributed by atoms with van der Waals surface area (Å²) in [4.78, 5) is 23.2. The zero-order valence-electron chi connectivity index (χ0n) is 20.8. The Bertz CT molecular complexity index is 408. The van der Waals surface area contributed by atoms with Gasteiger partial charge in [-0.25, -0.2) is 0 Å². The largest absolute Gasteiger partial charge is 0.481 e. The first-order valence-corrected chi connectivity index (χ1v) is 13.5. The van der Waals surface area contributed by atoms with Crippen LogP contribution in [0.4, 0.5) is 0 Å². The third kappa shape index (κ3) is 23.4. The average molecular weight is 441 g/mol. The minimum Gasteiger partial charge on any atom is -0.481 e. The molecule has 0 aromatic carbocycles. The fraction of sp³-hybridized carbons (Fsp3) is 0.926. The minimum atomic E-state index is -0.882. The molecule has 0 bridgehead atoms. The molecule has 0 saturated heterocycles. The number of carbonyl (C=O) groups excluding carboxylic acids is 1. The van der Waals surface area contributed by atoms with Gasteiger partial charge in [-0.2, -0.15) is 0 Å². The summed E-state index contributed by atoms with van der Waals surface area (Å²) in [5.41, 5.74) is 0. The highest BCUT2D eigenvalue weighted by Gasteiger charge is 2.17. The van der Waals surface area contributed by atoms with Crippen molar-refractivity contribution >= 4 is 11.9 Å². The highest BCUT2D eigenvalue weighted by atomic mass is 16.5. The Balaban J connectivity index is 3.71. The molecule has 0 saturated carbocycles. The van der Waals surface area contributed by atoms with Crippen LogP contribution >= 0.6 is 0 Å². The highest BCUT2D eigenvalue weighted by molar-refractivity contribution is 5.71. The van der Waals surface area contributed by atoms with E-state index in [1.807, 2.05) is 0 Å². The highest BCUT2D eigenvalue weighted by Crippen LogP contribution is 2.16. The monoisotopic (exact) mass is 440 g/mol. The Labute approximate surface area is 192 Å². The van der Waals surface area contributed by atoms with Crippen LogP contribution in [-0.2, 0) is 14.3 Å². The molecular weight excluding hydrogens is 388 g/mol. The molecule has 184 valence electrons. The first-order chi connectivity index (χ1) is 15.1. The number of carbonyl (C=O) groups is 2. The average Bonchev–Trinajstić information content (AvgIpc) is 2.73. The molecule has 0 spiro atoms. The van der Waals surface area contributed by atoms with Crippen LogP contribution in [0.1, 0.15) is 155 Å². The molecule has 0 aromatic heterocycles. The third-order valence-electron chi connectivity index (χ3n) is 6.06. The van der Waals surface area contributed by atoms with E-state index in [0.29, 0.717) is 12.8 Å². The second-order valence-corrected chi connectivity index (χ2v) is 9.26. The summed E-state index contributed by atoms with van der Waals surface area (Å²) >= 11 is 0. The molecule has 4 nitrogen and oxygen atoms in total. The maximum Gasteiger partial charge on any atom is 0.307 e. The van der Waals surface area contributed by atoms with Crippen LogP contribution in [0.3, 0.4) is 0 Å². The summed E-state index contributed by atoms with van der Waals surface area (Å²) in [5.74, 6) is -1.10. The van der Waals surface area contributed by atoms with Crippen molar-refractivity contribution in [2.45, 2.75) is 161 Å². The molecule has 0 rings (SSSR count). The number of unbranched alkanes of at least 4 members (excludes halogenated alkanes) is 17. The molecule has 31 heavy (non-hydrogen) atoms. The van der Waals surface area contributed by atoms with Crippen LogP contribution in [0.15, 0.2) is 0 Å². The number of esters is 1. The zero-order valence-corrected chi connectivity index (χ0v) is 20.8. The van der Waals surface area contributed by atoms with Gasteiger partial charge in [0.2, 0.25) is 0 Å². The standard InChI is InChI=1S/C27H52O4/c1-3-5-7-9-11-13-14-15-17-19-21-23-27(30)31-25(24-26(28)29)22-20-18-16-12-10-8-6-4-2/h25H,3-24H2,1-2H3,(H,28,29). The lowest BCUT2D eigenvalue weighted by atomic mass is 10.0. The van der Waals surface area contributed by atoms with E-state index in [-0.39, 0.29) is 12.4 Å². The number of hydrogen-bond acceptors (Lipinski definition) is 3. The van der Waals surface area contributed by atoms with E-state index in [1.54, 1.807) is 0 Å². The van der Waals surface area contributed by atoms with E-state index in [1.165, 1.54) is 96.3 Å². The number of carboxylic acid groups (broad SMARTS) is 1. The maximum absolute atomic E-state index is 12.1. The molecule has 1 unspecified atom stereocenters. The second kappa shape index (κ2) is 23.6.